The highest BCUT2D eigenvalue weighted by atomic mass is 32.2. The maximum Gasteiger partial charge on any atom is 0.253 e. The van der Waals surface area contributed by atoms with Crippen molar-refractivity contribution < 1.29 is 14.4 Å². The summed E-state index contributed by atoms with van der Waals surface area (Å²) in [5.41, 5.74) is 0.578. The number of piperidine rings is 1. The molecule has 7 heteroatoms. The summed E-state index contributed by atoms with van der Waals surface area (Å²) in [6.07, 6.45) is 2.53. The first-order valence-electron chi connectivity index (χ1n) is 7.05. The number of carbonyl (C=O) groups is 3. The second-order valence-corrected chi connectivity index (χ2v) is 8.37. The Kier molecular flexibility index (Phi) is 4.97. The van der Waals surface area contributed by atoms with Gasteiger partial charge in [-0.15, -0.1) is 23.1 Å². The minimum absolute atomic E-state index is 0.0255. The van der Waals surface area contributed by atoms with Crippen molar-refractivity contribution in [2.24, 2.45) is 0 Å². The average molecular weight is 340 g/mol. The highest BCUT2D eigenvalue weighted by Crippen LogP contribution is 2.37. The molecule has 1 aromatic heterocycles. The van der Waals surface area contributed by atoms with Crippen LogP contribution >= 0.6 is 23.1 Å². The van der Waals surface area contributed by atoms with E-state index in [0.717, 1.165) is 9.09 Å². The van der Waals surface area contributed by atoms with Crippen LogP contribution in [0.2, 0.25) is 0 Å². The summed E-state index contributed by atoms with van der Waals surface area (Å²) in [7, 11) is 0. The average Bonchev–Trinajstić information content (AvgIpc) is 2.86. The number of thioether (sulfide) groups is 1. The number of thiophene rings is 1. The van der Waals surface area contributed by atoms with Crippen molar-refractivity contribution in [2.75, 3.05) is 6.26 Å². The van der Waals surface area contributed by atoms with Gasteiger partial charge in [0, 0.05) is 11.3 Å². The second-order valence-electron chi connectivity index (χ2n) is 6.24. The number of rotatable bonds is 3. The van der Waals surface area contributed by atoms with Crippen molar-refractivity contribution in [2.45, 2.75) is 49.3 Å². The summed E-state index contributed by atoms with van der Waals surface area (Å²) in [4.78, 5) is 36.5. The summed E-state index contributed by atoms with van der Waals surface area (Å²) >= 11 is 3.13. The van der Waals surface area contributed by atoms with Crippen molar-refractivity contribution in [3.63, 3.8) is 0 Å². The zero-order chi connectivity index (χ0) is 16.5. The quantitative estimate of drug-likeness (QED) is 0.654. The molecule has 2 N–H and O–H groups in total. The smallest absolute Gasteiger partial charge is 0.253 e. The minimum Gasteiger partial charge on any atom is -0.340 e. The molecule has 1 atom stereocenters. The van der Waals surface area contributed by atoms with E-state index in [-0.39, 0.29) is 23.7 Å². The largest absolute Gasteiger partial charge is 0.340 e. The van der Waals surface area contributed by atoms with E-state index in [9.17, 15) is 14.4 Å². The van der Waals surface area contributed by atoms with E-state index in [1.54, 1.807) is 11.3 Å². The van der Waals surface area contributed by atoms with Crippen LogP contribution in [0.15, 0.2) is 10.3 Å². The normalized spacial score (nSPS) is 19.0. The standard InChI is InChI=1S/C15H20N2O3S2/c1-15(2,3)10-7-8(14(21-4)22-10)12(19)16-9-5-6-11(18)17-13(9)20/h7,9H,5-6H2,1-4H3,(H,16,19)(H,17,18,20). The number of hydrogen-bond donors (Lipinski definition) is 2. The van der Waals surface area contributed by atoms with Crippen LogP contribution in [0.3, 0.4) is 0 Å². The molecule has 120 valence electrons. The predicted octanol–water partition coefficient (Wildman–Crippen LogP) is 2.30. The Balaban J connectivity index is 2.17. The molecule has 2 rings (SSSR count). The molecule has 1 fully saturated rings. The van der Waals surface area contributed by atoms with E-state index < -0.39 is 11.9 Å². The summed E-state index contributed by atoms with van der Waals surface area (Å²) in [5.74, 6) is -0.974. The van der Waals surface area contributed by atoms with Gasteiger partial charge in [-0.2, -0.15) is 0 Å². The van der Waals surface area contributed by atoms with Gasteiger partial charge in [-0.3, -0.25) is 19.7 Å². The van der Waals surface area contributed by atoms with Crippen LogP contribution in [-0.2, 0) is 15.0 Å². The van der Waals surface area contributed by atoms with Gasteiger partial charge < -0.3 is 5.32 Å². The van der Waals surface area contributed by atoms with Crippen LogP contribution in [0.25, 0.3) is 0 Å². The molecule has 1 aliphatic heterocycles. The first kappa shape index (κ1) is 17.0. The number of hydrogen-bond acceptors (Lipinski definition) is 5. The molecule has 22 heavy (non-hydrogen) atoms. The van der Waals surface area contributed by atoms with Gasteiger partial charge in [0.25, 0.3) is 5.91 Å². The fraction of sp³-hybridized carbons (Fsp3) is 0.533. The molecule has 1 saturated heterocycles. The third-order valence-corrected chi connectivity index (χ3v) is 6.11. The van der Waals surface area contributed by atoms with E-state index >= 15 is 0 Å². The monoisotopic (exact) mass is 340 g/mol. The summed E-state index contributed by atoms with van der Waals surface area (Å²) < 4.78 is 0.940. The Hall–Kier alpha value is -1.34. The first-order chi connectivity index (χ1) is 10.2. The molecule has 0 aromatic carbocycles. The van der Waals surface area contributed by atoms with Gasteiger partial charge >= 0.3 is 0 Å². The highest BCUT2D eigenvalue weighted by Gasteiger charge is 2.30. The summed E-state index contributed by atoms with van der Waals surface area (Å²) in [6, 6.07) is 1.26. The van der Waals surface area contributed by atoms with E-state index in [0.29, 0.717) is 12.0 Å². The molecule has 1 unspecified atom stereocenters. The van der Waals surface area contributed by atoms with Crippen LogP contribution in [0.5, 0.6) is 0 Å². The van der Waals surface area contributed by atoms with Crippen molar-refractivity contribution in [3.05, 3.63) is 16.5 Å². The summed E-state index contributed by atoms with van der Waals surface area (Å²) in [5, 5.41) is 4.98. The van der Waals surface area contributed by atoms with Gasteiger partial charge in [-0.05, 0) is 24.2 Å². The number of amides is 3. The number of carbonyl (C=O) groups excluding carboxylic acids is 3. The molecule has 0 aliphatic carbocycles. The van der Waals surface area contributed by atoms with Crippen LogP contribution in [0.4, 0.5) is 0 Å². The maximum atomic E-state index is 12.5. The third-order valence-electron chi connectivity index (χ3n) is 3.41. The minimum atomic E-state index is -0.641. The first-order valence-corrected chi connectivity index (χ1v) is 9.09. The molecule has 3 amide bonds. The van der Waals surface area contributed by atoms with Crippen LogP contribution in [0, 0.1) is 0 Å². The van der Waals surface area contributed by atoms with E-state index in [4.69, 9.17) is 0 Å². The molecule has 0 bridgehead atoms. The Morgan fingerprint density at radius 2 is 2.09 bits per heavy atom. The van der Waals surface area contributed by atoms with Crippen LogP contribution in [0.1, 0.15) is 48.8 Å². The lowest BCUT2D eigenvalue weighted by atomic mass is 9.94. The molecule has 5 nitrogen and oxygen atoms in total. The van der Waals surface area contributed by atoms with Crippen molar-refractivity contribution in [1.82, 2.24) is 10.6 Å². The van der Waals surface area contributed by atoms with Crippen molar-refractivity contribution in [3.8, 4) is 0 Å². The number of nitrogens with one attached hydrogen (secondary N) is 2. The molecule has 0 radical (unpaired) electrons. The Labute approximate surface area is 138 Å². The SMILES string of the molecule is CSc1sc(C(C)(C)C)cc1C(=O)NC1CCC(=O)NC1=O. The van der Waals surface area contributed by atoms with Gasteiger partial charge in [0.2, 0.25) is 11.8 Å². The van der Waals surface area contributed by atoms with Crippen molar-refractivity contribution in [1.29, 1.82) is 0 Å². The second kappa shape index (κ2) is 6.42. The predicted molar refractivity (Wildman–Crippen MR) is 88.4 cm³/mol. The van der Waals surface area contributed by atoms with E-state index in [2.05, 4.69) is 31.4 Å². The highest BCUT2D eigenvalue weighted by molar-refractivity contribution is 8.00. The molecule has 2 heterocycles. The number of imide groups is 1. The fourth-order valence-corrected chi connectivity index (χ4v) is 4.04. The Bertz CT molecular complexity index is 617. The van der Waals surface area contributed by atoms with Crippen molar-refractivity contribution >= 4 is 40.8 Å². The topological polar surface area (TPSA) is 75.3 Å². The Morgan fingerprint density at radius 1 is 1.41 bits per heavy atom. The molecular weight excluding hydrogens is 320 g/mol. The van der Waals surface area contributed by atoms with Gasteiger partial charge in [-0.1, -0.05) is 20.8 Å². The zero-order valence-corrected chi connectivity index (χ0v) is 14.7. The molecular formula is C15H20N2O3S2. The molecule has 0 saturated carbocycles. The lowest BCUT2D eigenvalue weighted by Crippen LogP contribution is -2.52. The zero-order valence-electron chi connectivity index (χ0n) is 13.1. The van der Waals surface area contributed by atoms with Gasteiger partial charge in [0.05, 0.1) is 9.77 Å². The maximum absolute atomic E-state index is 12.5. The lowest BCUT2D eigenvalue weighted by molar-refractivity contribution is -0.134. The summed E-state index contributed by atoms with van der Waals surface area (Å²) in [6.45, 7) is 6.31. The van der Waals surface area contributed by atoms with Crippen LogP contribution < -0.4 is 10.6 Å². The molecule has 1 aromatic rings. The fourth-order valence-electron chi connectivity index (χ4n) is 2.12. The van der Waals surface area contributed by atoms with E-state index in [1.807, 2.05) is 12.3 Å². The van der Waals surface area contributed by atoms with Gasteiger partial charge in [0.15, 0.2) is 0 Å². The third kappa shape index (κ3) is 3.70. The Morgan fingerprint density at radius 3 is 2.64 bits per heavy atom. The van der Waals surface area contributed by atoms with E-state index in [1.165, 1.54) is 11.8 Å². The van der Waals surface area contributed by atoms with Gasteiger partial charge in [-0.25, -0.2) is 0 Å². The molecule has 1 aliphatic rings. The van der Waals surface area contributed by atoms with Crippen LogP contribution in [-0.4, -0.2) is 30.0 Å². The lowest BCUT2D eigenvalue weighted by Gasteiger charge is -2.21. The van der Waals surface area contributed by atoms with Gasteiger partial charge in [0.1, 0.15) is 6.04 Å². The molecule has 0 spiro atoms.